The van der Waals surface area contributed by atoms with Gasteiger partial charge in [0.1, 0.15) is 6.61 Å². The maximum atomic E-state index is 10.5. The largest absolute Gasteiger partial charge is 0.493 e. The highest BCUT2D eigenvalue weighted by atomic mass is 16.6. The summed E-state index contributed by atoms with van der Waals surface area (Å²) in [6, 6.07) is 4.25. The Morgan fingerprint density at radius 3 is 2.75 bits per heavy atom. The lowest BCUT2D eigenvalue weighted by molar-refractivity contribution is -0.384. The van der Waals surface area contributed by atoms with Crippen molar-refractivity contribution in [2.45, 2.75) is 6.92 Å². The van der Waals surface area contributed by atoms with Gasteiger partial charge in [-0.3, -0.25) is 10.1 Å². The number of rotatable bonds is 5. The van der Waals surface area contributed by atoms with Gasteiger partial charge in [-0.2, -0.15) is 0 Å². The molecule has 0 bridgehead atoms. The monoisotopic (exact) mass is 223 g/mol. The molecule has 0 aromatic heterocycles. The molecule has 1 aromatic rings. The molecule has 0 unspecified atom stereocenters. The highest BCUT2D eigenvalue weighted by Crippen LogP contribution is 2.30. The minimum atomic E-state index is -0.474. The first-order valence-corrected chi connectivity index (χ1v) is 4.75. The van der Waals surface area contributed by atoms with Crippen molar-refractivity contribution in [2.24, 2.45) is 0 Å². The molecule has 0 heterocycles. The lowest BCUT2D eigenvalue weighted by Crippen LogP contribution is -1.97. The smallest absolute Gasteiger partial charge is 0.273 e. The summed E-state index contributed by atoms with van der Waals surface area (Å²) in [4.78, 5) is 10.1. The second-order valence-electron chi connectivity index (χ2n) is 2.97. The third-order valence-corrected chi connectivity index (χ3v) is 1.93. The Hall–Kier alpha value is -2.04. The second-order valence-corrected chi connectivity index (χ2v) is 2.97. The highest BCUT2D eigenvalue weighted by molar-refractivity contribution is 5.48. The quantitative estimate of drug-likeness (QED) is 0.437. The van der Waals surface area contributed by atoms with Gasteiger partial charge in [0.05, 0.1) is 18.1 Å². The average molecular weight is 223 g/mol. The molecule has 0 spiro atoms. The first-order valence-electron chi connectivity index (χ1n) is 4.75. The van der Waals surface area contributed by atoms with E-state index in [-0.39, 0.29) is 5.69 Å². The summed E-state index contributed by atoms with van der Waals surface area (Å²) in [5, 5.41) is 10.5. The predicted octanol–water partition coefficient (Wildman–Crippen LogP) is 2.56. The lowest BCUT2D eigenvalue weighted by atomic mass is 10.3. The molecule has 0 saturated carbocycles. The summed E-state index contributed by atoms with van der Waals surface area (Å²) in [5.41, 5.74) is -0.0183. The Labute approximate surface area is 93.4 Å². The molecule has 0 atom stereocenters. The molecule has 1 aromatic carbocycles. The number of ether oxygens (including phenoxy) is 2. The fourth-order valence-corrected chi connectivity index (χ4v) is 1.12. The van der Waals surface area contributed by atoms with Crippen LogP contribution in [0.25, 0.3) is 0 Å². The number of nitro groups is 1. The van der Waals surface area contributed by atoms with Crippen molar-refractivity contribution >= 4 is 5.69 Å². The summed E-state index contributed by atoms with van der Waals surface area (Å²) < 4.78 is 10.4. The van der Waals surface area contributed by atoms with E-state index in [1.807, 2.05) is 19.1 Å². The summed E-state index contributed by atoms with van der Waals surface area (Å²) in [6.07, 6.45) is 3.69. The minimum Gasteiger partial charge on any atom is -0.493 e. The molecule has 0 aliphatic carbocycles. The number of hydrogen-bond acceptors (Lipinski definition) is 4. The van der Waals surface area contributed by atoms with Crippen LogP contribution in [-0.4, -0.2) is 18.6 Å². The molecular weight excluding hydrogens is 210 g/mol. The molecule has 0 fully saturated rings. The zero-order chi connectivity index (χ0) is 12.0. The fraction of sp³-hybridized carbons (Fsp3) is 0.273. The molecule has 5 nitrogen and oxygen atoms in total. The molecule has 16 heavy (non-hydrogen) atoms. The normalized spacial score (nSPS) is 10.4. The van der Waals surface area contributed by atoms with Gasteiger partial charge in [-0.15, -0.1) is 0 Å². The number of allylic oxidation sites excluding steroid dienone is 1. The summed E-state index contributed by atoms with van der Waals surface area (Å²) >= 11 is 0. The third kappa shape index (κ3) is 2.98. The topological polar surface area (TPSA) is 61.6 Å². The maximum Gasteiger partial charge on any atom is 0.273 e. The highest BCUT2D eigenvalue weighted by Gasteiger charge is 2.11. The Morgan fingerprint density at radius 2 is 2.19 bits per heavy atom. The molecule has 0 aliphatic rings. The maximum absolute atomic E-state index is 10.5. The molecule has 0 N–H and O–H groups in total. The molecule has 0 radical (unpaired) electrons. The van der Waals surface area contributed by atoms with Crippen molar-refractivity contribution in [1.29, 1.82) is 0 Å². The van der Waals surface area contributed by atoms with E-state index in [1.165, 1.54) is 25.3 Å². The van der Waals surface area contributed by atoms with Gasteiger partial charge in [0.15, 0.2) is 11.5 Å². The van der Waals surface area contributed by atoms with Gasteiger partial charge in [-0.1, -0.05) is 12.2 Å². The standard InChI is InChI=1S/C11H13NO4/c1-3-4-7-16-10-6-5-9(12(13)14)8-11(10)15-2/h3-6,8H,7H2,1-2H3. The molecule has 1 rings (SSSR count). The van der Waals surface area contributed by atoms with E-state index in [4.69, 9.17) is 9.47 Å². The second kappa shape index (κ2) is 5.75. The van der Waals surface area contributed by atoms with Crippen molar-refractivity contribution in [2.75, 3.05) is 13.7 Å². The predicted molar refractivity (Wildman–Crippen MR) is 60.0 cm³/mol. The molecule has 0 saturated heterocycles. The van der Waals surface area contributed by atoms with Gasteiger partial charge in [0.2, 0.25) is 0 Å². The van der Waals surface area contributed by atoms with Crippen molar-refractivity contribution < 1.29 is 14.4 Å². The van der Waals surface area contributed by atoms with Crippen molar-refractivity contribution in [3.63, 3.8) is 0 Å². The van der Waals surface area contributed by atoms with E-state index in [0.717, 1.165) is 0 Å². The van der Waals surface area contributed by atoms with Crippen LogP contribution in [0.5, 0.6) is 11.5 Å². The van der Waals surface area contributed by atoms with Crippen LogP contribution < -0.4 is 9.47 Å². The number of nitro benzene ring substituents is 1. The van der Waals surface area contributed by atoms with Gasteiger partial charge in [0, 0.05) is 6.07 Å². The first-order chi connectivity index (χ1) is 7.69. The van der Waals surface area contributed by atoms with Crippen LogP contribution in [0.15, 0.2) is 30.4 Å². The molecule has 5 heteroatoms. The van der Waals surface area contributed by atoms with Crippen LogP contribution in [0.3, 0.4) is 0 Å². The fourth-order valence-electron chi connectivity index (χ4n) is 1.12. The van der Waals surface area contributed by atoms with Crippen LogP contribution in [0.4, 0.5) is 5.69 Å². The number of benzene rings is 1. The Bertz CT molecular complexity index is 401. The van der Waals surface area contributed by atoms with Gasteiger partial charge in [-0.05, 0) is 13.0 Å². The lowest BCUT2D eigenvalue weighted by Gasteiger charge is -2.08. The zero-order valence-corrected chi connectivity index (χ0v) is 9.17. The van der Waals surface area contributed by atoms with Crippen LogP contribution in [0, 0.1) is 10.1 Å². The Kier molecular flexibility index (Phi) is 4.32. The molecule has 0 aliphatic heterocycles. The van der Waals surface area contributed by atoms with Gasteiger partial charge in [0.25, 0.3) is 5.69 Å². The van der Waals surface area contributed by atoms with E-state index < -0.39 is 4.92 Å². The first kappa shape index (κ1) is 12.0. The number of non-ortho nitro benzene ring substituents is 1. The van der Waals surface area contributed by atoms with Gasteiger partial charge < -0.3 is 9.47 Å². The average Bonchev–Trinajstić information content (AvgIpc) is 2.29. The zero-order valence-electron chi connectivity index (χ0n) is 9.17. The minimum absolute atomic E-state index is 0.0183. The van der Waals surface area contributed by atoms with E-state index >= 15 is 0 Å². The molecule has 86 valence electrons. The summed E-state index contributed by atoms with van der Waals surface area (Å²) in [6.45, 7) is 2.29. The summed E-state index contributed by atoms with van der Waals surface area (Å²) in [5.74, 6) is 0.852. The SMILES string of the molecule is CC=CCOc1ccc([N+](=O)[O-])cc1OC. The number of nitrogens with zero attached hydrogens (tertiary/aromatic N) is 1. The van der Waals surface area contributed by atoms with Crippen molar-refractivity contribution in [3.05, 3.63) is 40.5 Å². The molecular formula is C11H13NO4. The Morgan fingerprint density at radius 1 is 1.44 bits per heavy atom. The van der Waals surface area contributed by atoms with Crippen LogP contribution in [0.2, 0.25) is 0 Å². The van der Waals surface area contributed by atoms with Crippen LogP contribution in [-0.2, 0) is 0 Å². The van der Waals surface area contributed by atoms with Crippen LogP contribution in [0.1, 0.15) is 6.92 Å². The van der Waals surface area contributed by atoms with E-state index in [1.54, 1.807) is 0 Å². The van der Waals surface area contributed by atoms with Crippen molar-refractivity contribution in [3.8, 4) is 11.5 Å². The van der Waals surface area contributed by atoms with Gasteiger partial charge in [-0.25, -0.2) is 0 Å². The number of methoxy groups -OCH3 is 1. The number of hydrogen-bond donors (Lipinski definition) is 0. The Balaban J connectivity index is 2.88. The molecule has 0 amide bonds. The third-order valence-electron chi connectivity index (χ3n) is 1.93. The van der Waals surface area contributed by atoms with Crippen LogP contribution >= 0.6 is 0 Å². The van der Waals surface area contributed by atoms with E-state index in [2.05, 4.69) is 0 Å². The van der Waals surface area contributed by atoms with E-state index in [9.17, 15) is 10.1 Å². The summed E-state index contributed by atoms with van der Waals surface area (Å²) in [7, 11) is 1.45. The van der Waals surface area contributed by atoms with E-state index in [0.29, 0.717) is 18.1 Å². The van der Waals surface area contributed by atoms with Gasteiger partial charge >= 0.3 is 0 Å². The van der Waals surface area contributed by atoms with Crippen molar-refractivity contribution in [1.82, 2.24) is 0 Å².